The molecule has 3 heteroatoms. The number of hydrogen-bond donors (Lipinski definition) is 1. The van der Waals surface area contributed by atoms with Gasteiger partial charge in [0.1, 0.15) is 5.75 Å². The topological polar surface area (TPSA) is 35.2 Å². The van der Waals surface area contributed by atoms with Crippen LogP contribution in [0.1, 0.15) is 51.0 Å². The number of thiocarbonyl (C=S) groups is 1. The lowest BCUT2D eigenvalue weighted by Gasteiger charge is -2.10. The third kappa shape index (κ3) is 5.50. The molecule has 0 aliphatic carbocycles. The van der Waals surface area contributed by atoms with Crippen molar-refractivity contribution in [2.75, 3.05) is 6.61 Å². The van der Waals surface area contributed by atoms with Gasteiger partial charge in [0.15, 0.2) is 0 Å². The lowest BCUT2D eigenvalue weighted by molar-refractivity contribution is 0.308. The summed E-state index contributed by atoms with van der Waals surface area (Å²) >= 11 is 4.83. The summed E-state index contributed by atoms with van der Waals surface area (Å²) in [7, 11) is 0. The van der Waals surface area contributed by atoms with Crippen molar-refractivity contribution in [1.82, 2.24) is 0 Å². The van der Waals surface area contributed by atoms with Gasteiger partial charge in [0.2, 0.25) is 0 Å². The minimum absolute atomic E-state index is 0.591. The van der Waals surface area contributed by atoms with Gasteiger partial charge < -0.3 is 10.5 Å². The summed E-state index contributed by atoms with van der Waals surface area (Å²) in [6, 6.07) is 8.40. The normalized spacial score (nSPS) is 12.1. The number of nitrogens with two attached hydrogens (primary N) is 1. The van der Waals surface area contributed by atoms with Crippen molar-refractivity contribution in [3.05, 3.63) is 29.8 Å². The smallest absolute Gasteiger partial charge is 0.119 e. The molecule has 0 heterocycles. The Morgan fingerprint density at radius 1 is 1.28 bits per heavy atom. The highest BCUT2D eigenvalue weighted by molar-refractivity contribution is 7.80. The number of rotatable bonds is 8. The maximum Gasteiger partial charge on any atom is 0.119 e. The molecule has 0 aliphatic rings. The van der Waals surface area contributed by atoms with Gasteiger partial charge in [-0.25, -0.2) is 0 Å². The molecule has 1 atom stereocenters. The average molecular weight is 265 g/mol. The van der Waals surface area contributed by atoms with Crippen molar-refractivity contribution in [1.29, 1.82) is 0 Å². The van der Waals surface area contributed by atoms with Crippen LogP contribution in [0.3, 0.4) is 0 Å². The van der Waals surface area contributed by atoms with Crippen molar-refractivity contribution >= 4 is 17.2 Å². The summed E-state index contributed by atoms with van der Waals surface area (Å²) < 4.78 is 5.67. The van der Waals surface area contributed by atoms with Crippen LogP contribution in [0, 0.1) is 0 Å². The van der Waals surface area contributed by atoms with E-state index in [1.807, 2.05) is 0 Å². The van der Waals surface area contributed by atoms with Gasteiger partial charge in [-0.2, -0.15) is 0 Å². The van der Waals surface area contributed by atoms with Crippen LogP contribution in [-0.2, 0) is 0 Å². The van der Waals surface area contributed by atoms with Gasteiger partial charge in [0.25, 0.3) is 0 Å². The van der Waals surface area contributed by atoms with Crippen molar-refractivity contribution in [3.63, 3.8) is 0 Å². The molecule has 2 N–H and O–H groups in total. The fourth-order valence-corrected chi connectivity index (χ4v) is 1.86. The maximum absolute atomic E-state index is 5.67. The van der Waals surface area contributed by atoms with E-state index in [2.05, 4.69) is 38.1 Å². The predicted molar refractivity (Wildman–Crippen MR) is 81.3 cm³/mol. The Morgan fingerprint density at radius 3 is 2.50 bits per heavy atom. The fraction of sp³-hybridized carbons (Fsp3) is 0.533. The molecule has 18 heavy (non-hydrogen) atoms. The van der Waals surface area contributed by atoms with E-state index in [0.29, 0.717) is 10.9 Å². The Labute approximate surface area is 116 Å². The zero-order chi connectivity index (χ0) is 13.4. The first-order chi connectivity index (χ1) is 8.63. The zero-order valence-electron chi connectivity index (χ0n) is 11.3. The second-order valence-corrected chi connectivity index (χ2v) is 5.17. The van der Waals surface area contributed by atoms with Gasteiger partial charge in [-0.05, 0) is 49.3 Å². The molecule has 1 unspecified atom stereocenters. The standard InChI is InChI=1S/C15H23NOS/c1-3-12(2)13-7-9-14(10-8-13)17-11-5-4-6-15(16)18/h7-10,12H,3-6,11H2,1-2H3,(H2,16,18). The molecule has 1 aromatic carbocycles. The fourth-order valence-electron chi connectivity index (χ4n) is 1.72. The summed E-state index contributed by atoms with van der Waals surface area (Å²) in [5.74, 6) is 1.56. The Balaban J connectivity index is 2.29. The van der Waals surface area contributed by atoms with Crippen molar-refractivity contribution < 1.29 is 4.74 Å². The SMILES string of the molecule is CCC(C)c1ccc(OCCCCC(N)=S)cc1. The van der Waals surface area contributed by atoms with Crippen LogP contribution in [0.2, 0.25) is 0 Å². The maximum atomic E-state index is 5.67. The molecular formula is C15H23NOS. The third-order valence-electron chi connectivity index (χ3n) is 3.15. The Morgan fingerprint density at radius 2 is 1.94 bits per heavy atom. The highest BCUT2D eigenvalue weighted by atomic mass is 32.1. The van der Waals surface area contributed by atoms with Crippen molar-refractivity contribution in [2.24, 2.45) is 5.73 Å². The molecule has 0 amide bonds. The molecule has 0 aromatic heterocycles. The van der Waals surface area contributed by atoms with E-state index < -0.39 is 0 Å². The molecule has 0 fully saturated rings. The molecule has 0 saturated heterocycles. The monoisotopic (exact) mass is 265 g/mol. The van der Waals surface area contributed by atoms with E-state index in [-0.39, 0.29) is 0 Å². The van der Waals surface area contributed by atoms with Gasteiger partial charge in [-0.15, -0.1) is 0 Å². The molecule has 0 radical (unpaired) electrons. The van der Waals surface area contributed by atoms with E-state index in [1.54, 1.807) is 0 Å². The summed E-state index contributed by atoms with van der Waals surface area (Å²) in [6.07, 6.45) is 3.97. The van der Waals surface area contributed by atoms with Gasteiger partial charge in [0.05, 0.1) is 11.6 Å². The predicted octanol–water partition coefficient (Wildman–Crippen LogP) is 4.04. The number of benzene rings is 1. The highest BCUT2D eigenvalue weighted by Crippen LogP contribution is 2.21. The van der Waals surface area contributed by atoms with E-state index in [4.69, 9.17) is 22.7 Å². The number of unbranched alkanes of at least 4 members (excludes halogenated alkanes) is 1. The van der Waals surface area contributed by atoms with Crippen LogP contribution in [0.25, 0.3) is 0 Å². The van der Waals surface area contributed by atoms with Gasteiger partial charge in [-0.3, -0.25) is 0 Å². The zero-order valence-corrected chi connectivity index (χ0v) is 12.1. The molecular weight excluding hydrogens is 242 g/mol. The van der Waals surface area contributed by atoms with Crippen LogP contribution in [0.5, 0.6) is 5.75 Å². The van der Waals surface area contributed by atoms with Crippen LogP contribution in [-0.4, -0.2) is 11.6 Å². The Kier molecular flexibility index (Phi) is 6.73. The first-order valence-corrected chi connectivity index (χ1v) is 7.05. The quantitative estimate of drug-likeness (QED) is 0.569. The van der Waals surface area contributed by atoms with E-state index in [0.717, 1.165) is 31.6 Å². The van der Waals surface area contributed by atoms with Crippen LogP contribution in [0.15, 0.2) is 24.3 Å². The lowest BCUT2D eigenvalue weighted by Crippen LogP contribution is -2.08. The second-order valence-electron chi connectivity index (χ2n) is 4.65. The van der Waals surface area contributed by atoms with Crippen LogP contribution < -0.4 is 10.5 Å². The minimum Gasteiger partial charge on any atom is -0.494 e. The molecule has 1 aromatic rings. The first kappa shape index (κ1) is 15.0. The van der Waals surface area contributed by atoms with Crippen LogP contribution in [0.4, 0.5) is 0 Å². The summed E-state index contributed by atoms with van der Waals surface area (Å²) in [5.41, 5.74) is 6.81. The van der Waals surface area contributed by atoms with Crippen molar-refractivity contribution in [2.45, 2.75) is 45.4 Å². The van der Waals surface area contributed by atoms with Crippen molar-refractivity contribution in [3.8, 4) is 5.75 Å². The molecule has 2 nitrogen and oxygen atoms in total. The molecule has 0 bridgehead atoms. The molecule has 100 valence electrons. The largest absolute Gasteiger partial charge is 0.494 e. The third-order valence-corrected chi connectivity index (χ3v) is 3.35. The van der Waals surface area contributed by atoms with E-state index in [1.165, 1.54) is 12.0 Å². The summed E-state index contributed by atoms with van der Waals surface area (Å²) in [4.78, 5) is 0.591. The van der Waals surface area contributed by atoms with Gasteiger partial charge in [0, 0.05) is 0 Å². The Bertz CT molecular complexity index is 361. The van der Waals surface area contributed by atoms with Crippen LogP contribution >= 0.6 is 12.2 Å². The van der Waals surface area contributed by atoms with E-state index >= 15 is 0 Å². The molecule has 0 saturated carbocycles. The molecule has 1 rings (SSSR count). The molecule has 0 spiro atoms. The average Bonchev–Trinajstić information content (AvgIpc) is 2.38. The van der Waals surface area contributed by atoms with Gasteiger partial charge >= 0.3 is 0 Å². The Hall–Kier alpha value is -1.09. The summed E-state index contributed by atoms with van der Waals surface area (Å²) in [6.45, 7) is 5.17. The summed E-state index contributed by atoms with van der Waals surface area (Å²) in [5, 5.41) is 0. The van der Waals surface area contributed by atoms with Gasteiger partial charge in [-0.1, -0.05) is 38.2 Å². The highest BCUT2D eigenvalue weighted by Gasteiger charge is 2.02. The second kappa shape index (κ2) is 8.09. The first-order valence-electron chi connectivity index (χ1n) is 6.64. The minimum atomic E-state index is 0.591. The lowest BCUT2D eigenvalue weighted by atomic mass is 9.99. The number of hydrogen-bond acceptors (Lipinski definition) is 2. The molecule has 0 aliphatic heterocycles. The van der Waals surface area contributed by atoms with E-state index in [9.17, 15) is 0 Å². The number of ether oxygens (including phenoxy) is 1.